The number of aryl methyl sites for hydroxylation is 1. The number of nitrogens with zero attached hydrogens (tertiary/aromatic N) is 4. The van der Waals surface area contributed by atoms with E-state index in [0.717, 1.165) is 0 Å². The van der Waals surface area contributed by atoms with Crippen LogP contribution in [0.2, 0.25) is 0 Å². The summed E-state index contributed by atoms with van der Waals surface area (Å²) in [6, 6.07) is 0. The standard InChI is InChI=1S/C4H5N4.C2H6.CH3.Y/c1-4-7-6-3-8(4)5-2;1-2;;/h2H2,1H3;1-2H3;1H3;/q-1;;-1;. The molecule has 0 N–H and O–H groups in total. The zero-order valence-electron chi connectivity index (χ0n) is 8.07. The van der Waals surface area contributed by atoms with Crippen molar-refractivity contribution in [3.8, 4) is 0 Å². The van der Waals surface area contributed by atoms with E-state index in [-0.39, 0.29) is 40.1 Å². The van der Waals surface area contributed by atoms with E-state index in [1.165, 1.54) is 4.68 Å². The largest absolute Gasteiger partial charge is 0.370 e. The van der Waals surface area contributed by atoms with Gasteiger partial charge < -0.3 is 12.1 Å². The van der Waals surface area contributed by atoms with Crippen LogP contribution in [-0.4, -0.2) is 21.6 Å². The summed E-state index contributed by atoms with van der Waals surface area (Å²) in [6.07, 6.45) is 2.48. The Balaban J connectivity index is -0.000000189. The molecule has 12 heavy (non-hydrogen) atoms. The van der Waals surface area contributed by atoms with Gasteiger partial charge in [0, 0.05) is 39.4 Å². The second-order valence-corrected chi connectivity index (χ2v) is 1.30. The van der Waals surface area contributed by atoms with E-state index >= 15 is 0 Å². The summed E-state index contributed by atoms with van der Waals surface area (Å²) in [4.78, 5) is 0. The van der Waals surface area contributed by atoms with E-state index in [1.807, 2.05) is 13.8 Å². The van der Waals surface area contributed by atoms with Crippen LogP contribution in [0, 0.1) is 20.7 Å². The van der Waals surface area contributed by atoms with Crippen molar-refractivity contribution in [1.82, 2.24) is 14.9 Å². The first kappa shape index (κ1) is 17.9. The first-order valence-electron chi connectivity index (χ1n) is 3.11. The number of hydrogen-bond donors (Lipinski definition) is 0. The number of aromatic nitrogens is 3. The topological polar surface area (TPSA) is 43.1 Å². The third-order valence-electron chi connectivity index (χ3n) is 0.782. The average Bonchev–Trinajstić information content (AvgIpc) is 2.39. The van der Waals surface area contributed by atoms with Crippen molar-refractivity contribution in [3.63, 3.8) is 0 Å². The Bertz CT molecular complexity index is 197. The Morgan fingerprint density at radius 3 is 2.17 bits per heavy atom. The summed E-state index contributed by atoms with van der Waals surface area (Å²) in [5.74, 6) is 0.694. The van der Waals surface area contributed by atoms with Gasteiger partial charge in [0.25, 0.3) is 0 Å². The van der Waals surface area contributed by atoms with Crippen molar-refractivity contribution in [2.24, 2.45) is 5.10 Å². The Labute approximate surface area is 99.3 Å². The van der Waals surface area contributed by atoms with Gasteiger partial charge in [-0.15, -0.1) is 0 Å². The smallest absolute Gasteiger partial charge is 0.00820 e. The van der Waals surface area contributed by atoms with E-state index < -0.39 is 0 Å². The molecule has 0 aromatic carbocycles. The van der Waals surface area contributed by atoms with E-state index in [2.05, 4.69) is 28.3 Å². The van der Waals surface area contributed by atoms with E-state index in [4.69, 9.17) is 0 Å². The summed E-state index contributed by atoms with van der Waals surface area (Å²) in [6.45, 7) is 9.04. The molecule has 0 aliphatic heterocycles. The molecule has 67 valence electrons. The number of rotatable bonds is 1. The monoisotopic (exact) mass is 243 g/mol. The van der Waals surface area contributed by atoms with Crippen LogP contribution < -0.4 is 0 Å². The third-order valence-corrected chi connectivity index (χ3v) is 0.782. The van der Waals surface area contributed by atoms with Gasteiger partial charge in [-0.3, -0.25) is 10.2 Å². The van der Waals surface area contributed by atoms with Gasteiger partial charge in [0.1, 0.15) is 0 Å². The minimum atomic E-state index is 0. The summed E-state index contributed by atoms with van der Waals surface area (Å²) in [5.41, 5.74) is 0. The van der Waals surface area contributed by atoms with Crippen molar-refractivity contribution in [2.75, 3.05) is 0 Å². The van der Waals surface area contributed by atoms with Gasteiger partial charge in [-0.25, -0.2) is 5.10 Å². The van der Waals surface area contributed by atoms with Gasteiger partial charge in [-0.2, -0.15) is 0 Å². The van der Waals surface area contributed by atoms with Crippen molar-refractivity contribution < 1.29 is 32.7 Å². The maximum atomic E-state index is 3.61. The molecule has 1 rings (SSSR count). The molecule has 0 saturated heterocycles. The van der Waals surface area contributed by atoms with Crippen LogP contribution in [0.15, 0.2) is 5.10 Å². The Morgan fingerprint density at radius 2 is 2.00 bits per heavy atom. The van der Waals surface area contributed by atoms with Crippen LogP contribution in [0.25, 0.3) is 0 Å². The minimum absolute atomic E-state index is 0. The molecule has 0 spiro atoms. The van der Waals surface area contributed by atoms with Crippen molar-refractivity contribution in [3.05, 3.63) is 19.6 Å². The predicted octanol–water partition coefficient (Wildman–Crippen LogP) is 1.32. The molecule has 0 atom stereocenters. The minimum Gasteiger partial charge on any atom is -0.370 e. The molecular formula is C7H14N4Y-2. The Morgan fingerprint density at radius 1 is 1.50 bits per heavy atom. The van der Waals surface area contributed by atoms with Crippen molar-refractivity contribution >= 4 is 6.72 Å². The summed E-state index contributed by atoms with van der Waals surface area (Å²) < 4.78 is 1.38. The molecule has 5 heteroatoms. The normalized spacial score (nSPS) is 6.58. The molecule has 1 heterocycles. The predicted molar refractivity (Wildman–Crippen MR) is 46.3 cm³/mol. The molecule has 1 aromatic heterocycles. The fourth-order valence-electron chi connectivity index (χ4n) is 0.386. The maximum absolute atomic E-state index is 3.61. The fourth-order valence-corrected chi connectivity index (χ4v) is 0.386. The average molecular weight is 243 g/mol. The van der Waals surface area contributed by atoms with Gasteiger partial charge in [0.05, 0.1) is 0 Å². The van der Waals surface area contributed by atoms with Gasteiger partial charge in [-0.05, 0) is 12.2 Å². The molecule has 0 aliphatic carbocycles. The van der Waals surface area contributed by atoms with Crippen LogP contribution in [0.1, 0.15) is 19.7 Å². The van der Waals surface area contributed by atoms with Crippen LogP contribution in [0.5, 0.6) is 0 Å². The first-order chi connectivity index (χ1) is 4.84. The quantitative estimate of drug-likeness (QED) is 0.551. The summed E-state index contributed by atoms with van der Waals surface area (Å²) in [7, 11) is 0. The van der Waals surface area contributed by atoms with E-state index in [0.29, 0.717) is 5.82 Å². The maximum Gasteiger partial charge on any atom is 0.00820 e. The molecule has 1 radical (unpaired) electrons. The van der Waals surface area contributed by atoms with Crippen LogP contribution >= 0.6 is 0 Å². The molecule has 0 bridgehead atoms. The molecule has 0 saturated carbocycles. The van der Waals surface area contributed by atoms with Crippen LogP contribution in [0.4, 0.5) is 0 Å². The second-order valence-electron chi connectivity index (χ2n) is 1.30. The molecule has 0 amide bonds. The van der Waals surface area contributed by atoms with Crippen molar-refractivity contribution in [2.45, 2.75) is 20.8 Å². The van der Waals surface area contributed by atoms with Crippen LogP contribution in [-0.2, 0) is 32.7 Å². The second kappa shape index (κ2) is 10.9. The van der Waals surface area contributed by atoms with Gasteiger partial charge in [-0.1, -0.05) is 20.8 Å². The molecule has 0 aliphatic rings. The van der Waals surface area contributed by atoms with Gasteiger partial charge in [0.15, 0.2) is 0 Å². The SMILES string of the molecule is C=Nn1[c-]nnc1C.CC.[CH3-].[Y]. The zero-order valence-corrected chi connectivity index (χ0v) is 10.9. The molecular weight excluding hydrogens is 229 g/mol. The fraction of sp³-hybridized carbons (Fsp3) is 0.429. The molecule has 0 fully saturated rings. The summed E-state index contributed by atoms with van der Waals surface area (Å²) >= 11 is 0. The van der Waals surface area contributed by atoms with E-state index in [1.54, 1.807) is 6.92 Å². The molecule has 0 unspecified atom stereocenters. The first-order valence-corrected chi connectivity index (χ1v) is 3.11. The van der Waals surface area contributed by atoms with Gasteiger partial charge >= 0.3 is 0 Å². The van der Waals surface area contributed by atoms with E-state index in [9.17, 15) is 0 Å². The Kier molecular flexibility index (Phi) is 16.2. The zero-order chi connectivity index (χ0) is 7.98. The van der Waals surface area contributed by atoms with Crippen LogP contribution in [0.3, 0.4) is 0 Å². The third kappa shape index (κ3) is 5.55. The number of hydrogen-bond acceptors (Lipinski definition) is 3. The van der Waals surface area contributed by atoms with Crippen molar-refractivity contribution in [1.29, 1.82) is 0 Å². The molecule has 4 nitrogen and oxygen atoms in total. The van der Waals surface area contributed by atoms with Gasteiger partial charge in [0.2, 0.25) is 0 Å². The molecule has 1 aromatic rings. The summed E-state index contributed by atoms with van der Waals surface area (Å²) in [5, 5.41) is 10.6. The Hall–Kier alpha value is -0.0861.